The van der Waals surface area contributed by atoms with Gasteiger partial charge >= 0.3 is 0 Å². The molecule has 0 saturated carbocycles. The van der Waals surface area contributed by atoms with E-state index in [1.54, 1.807) is 30.0 Å². The minimum Gasteiger partial charge on any atom is -0.508 e. The van der Waals surface area contributed by atoms with Gasteiger partial charge in [-0.15, -0.1) is 0 Å². The van der Waals surface area contributed by atoms with Crippen LogP contribution in [0, 0.1) is 5.92 Å². The second-order valence-corrected chi connectivity index (χ2v) is 5.70. The summed E-state index contributed by atoms with van der Waals surface area (Å²) in [5.74, 6) is 0.0631. The van der Waals surface area contributed by atoms with E-state index in [2.05, 4.69) is 5.32 Å². The predicted octanol–water partition coefficient (Wildman–Crippen LogP) is 1.65. The second kappa shape index (κ2) is 6.16. The molecule has 2 rings (SSSR count). The monoisotopic (exact) mass is 290 g/mol. The Morgan fingerprint density at radius 3 is 2.71 bits per heavy atom. The van der Waals surface area contributed by atoms with Gasteiger partial charge in [-0.05, 0) is 30.5 Å². The highest BCUT2D eigenvalue weighted by Crippen LogP contribution is 2.23. The van der Waals surface area contributed by atoms with E-state index in [9.17, 15) is 14.7 Å². The van der Waals surface area contributed by atoms with Gasteiger partial charge in [-0.2, -0.15) is 0 Å². The number of carbonyl (C=O) groups is 2. The first kappa shape index (κ1) is 15.4. The molecule has 1 aliphatic heterocycles. The highest BCUT2D eigenvalue weighted by atomic mass is 16.3. The lowest BCUT2D eigenvalue weighted by Crippen LogP contribution is -2.63. The lowest BCUT2D eigenvalue weighted by molar-refractivity contribution is -0.151. The fraction of sp³-hybridized carbons (Fsp3) is 0.500. The van der Waals surface area contributed by atoms with Gasteiger partial charge in [0, 0.05) is 6.54 Å². The van der Waals surface area contributed by atoms with Crippen molar-refractivity contribution in [2.24, 2.45) is 5.92 Å². The maximum absolute atomic E-state index is 12.4. The summed E-state index contributed by atoms with van der Waals surface area (Å²) in [7, 11) is 0. The van der Waals surface area contributed by atoms with Gasteiger partial charge in [0.15, 0.2) is 0 Å². The van der Waals surface area contributed by atoms with E-state index in [0.29, 0.717) is 6.54 Å². The van der Waals surface area contributed by atoms with Crippen molar-refractivity contribution in [1.82, 2.24) is 10.2 Å². The third kappa shape index (κ3) is 3.17. The fourth-order valence-electron chi connectivity index (χ4n) is 2.70. The molecule has 0 spiro atoms. The van der Waals surface area contributed by atoms with Crippen molar-refractivity contribution in [2.45, 2.75) is 45.8 Å². The van der Waals surface area contributed by atoms with E-state index in [1.165, 1.54) is 0 Å². The topological polar surface area (TPSA) is 69.6 Å². The summed E-state index contributed by atoms with van der Waals surface area (Å²) in [6.07, 6.45) is 0.816. The van der Waals surface area contributed by atoms with Gasteiger partial charge in [0.25, 0.3) is 0 Å². The van der Waals surface area contributed by atoms with Gasteiger partial charge in [0.1, 0.15) is 17.8 Å². The summed E-state index contributed by atoms with van der Waals surface area (Å²) in [5, 5.41) is 12.3. The summed E-state index contributed by atoms with van der Waals surface area (Å²) < 4.78 is 0. The van der Waals surface area contributed by atoms with Crippen LogP contribution in [0.2, 0.25) is 0 Å². The number of nitrogens with zero attached hydrogens (tertiary/aromatic N) is 1. The Morgan fingerprint density at radius 1 is 1.38 bits per heavy atom. The molecule has 1 aliphatic rings. The van der Waals surface area contributed by atoms with Crippen LogP contribution < -0.4 is 5.32 Å². The SMILES string of the molecule is CCC(C)C1C(=O)NC(C)C(=O)N1Cc1cccc(O)c1. The van der Waals surface area contributed by atoms with Crippen molar-refractivity contribution in [3.05, 3.63) is 29.8 Å². The maximum atomic E-state index is 12.4. The number of hydrogen-bond donors (Lipinski definition) is 2. The van der Waals surface area contributed by atoms with Crippen molar-refractivity contribution in [3.8, 4) is 5.75 Å². The van der Waals surface area contributed by atoms with Gasteiger partial charge in [0.2, 0.25) is 11.8 Å². The Balaban J connectivity index is 2.29. The van der Waals surface area contributed by atoms with E-state index in [0.717, 1.165) is 12.0 Å². The molecule has 3 atom stereocenters. The van der Waals surface area contributed by atoms with E-state index < -0.39 is 12.1 Å². The molecule has 1 aromatic carbocycles. The van der Waals surface area contributed by atoms with Gasteiger partial charge in [-0.1, -0.05) is 32.4 Å². The lowest BCUT2D eigenvalue weighted by Gasteiger charge is -2.40. The Kier molecular flexibility index (Phi) is 4.50. The van der Waals surface area contributed by atoms with Crippen molar-refractivity contribution in [1.29, 1.82) is 0 Å². The summed E-state index contributed by atoms with van der Waals surface area (Å²) >= 11 is 0. The van der Waals surface area contributed by atoms with Crippen LogP contribution in [0.25, 0.3) is 0 Å². The molecule has 1 fully saturated rings. The fourth-order valence-corrected chi connectivity index (χ4v) is 2.70. The Labute approximate surface area is 125 Å². The normalized spacial score (nSPS) is 23.9. The maximum Gasteiger partial charge on any atom is 0.245 e. The van der Waals surface area contributed by atoms with Gasteiger partial charge in [-0.3, -0.25) is 9.59 Å². The lowest BCUT2D eigenvalue weighted by atomic mass is 9.93. The number of nitrogens with one attached hydrogen (secondary N) is 1. The van der Waals surface area contributed by atoms with E-state index in [-0.39, 0.29) is 23.5 Å². The standard InChI is InChI=1S/C16H22N2O3/c1-4-10(2)14-15(20)17-11(3)16(21)18(14)9-12-6-5-7-13(19)8-12/h5-8,10-11,14,19H,4,9H2,1-3H3,(H,17,20). The zero-order valence-corrected chi connectivity index (χ0v) is 12.7. The van der Waals surface area contributed by atoms with Crippen molar-refractivity contribution in [3.63, 3.8) is 0 Å². The molecule has 2 amide bonds. The molecule has 1 aromatic rings. The molecule has 5 heteroatoms. The van der Waals surface area contributed by atoms with Gasteiger partial charge < -0.3 is 15.3 Å². The number of piperazine rings is 1. The van der Waals surface area contributed by atoms with Gasteiger partial charge in [0.05, 0.1) is 0 Å². The van der Waals surface area contributed by atoms with Crippen LogP contribution in [0.1, 0.15) is 32.8 Å². The number of hydrogen-bond acceptors (Lipinski definition) is 3. The summed E-state index contributed by atoms with van der Waals surface area (Å²) in [6.45, 7) is 6.01. The van der Waals surface area contributed by atoms with Crippen LogP contribution in [0.15, 0.2) is 24.3 Å². The summed E-state index contributed by atoms with van der Waals surface area (Å²) in [5.41, 5.74) is 0.818. The zero-order valence-electron chi connectivity index (χ0n) is 12.7. The van der Waals surface area contributed by atoms with Crippen LogP contribution >= 0.6 is 0 Å². The quantitative estimate of drug-likeness (QED) is 0.886. The first-order chi connectivity index (χ1) is 9.93. The molecule has 5 nitrogen and oxygen atoms in total. The minimum atomic E-state index is -0.505. The second-order valence-electron chi connectivity index (χ2n) is 5.70. The molecule has 3 unspecified atom stereocenters. The number of phenolic OH excluding ortho intramolecular Hbond substituents is 1. The van der Waals surface area contributed by atoms with Crippen LogP contribution in [0.4, 0.5) is 0 Å². The molecule has 0 bridgehead atoms. The van der Waals surface area contributed by atoms with Crippen molar-refractivity contribution >= 4 is 11.8 Å². The highest BCUT2D eigenvalue weighted by molar-refractivity contribution is 5.96. The Bertz CT molecular complexity index is 544. The molecule has 0 aromatic heterocycles. The average Bonchev–Trinajstić information content (AvgIpc) is 2.44. The molecule has 0 radical (unpaired) electrons. The first-order valence-electron chi connectivity index (χ1n) is 7.32. The minimum absolute atomic E-state index is 0.0803. The molecule has 1 heterocycles. The zero-order chi connectivity index (χ0) is 15.6. The smallest absolute Gasteiger partial charge is 0.245 e. The molecule has 2 N–H and O–H groups in total. The van der Waals surface area contributed by atoms with Gasteiger partial charge in [-0.25, -0.2) is 0 Å². The Hall–Kier alpha value is -2.04. The third-order valence-electron chi connectivity index (χ3n) is 4.06. The van der Waals surface area contributed by atoms with Crippen molar-refractivity contribution in [2.75, 3.05) is 0 Å². The Morgan fingerprint density at radius 2 is 2.10 bits per heavy atom. The number of benzene rings is 1. The molecule has 1 saturated heterocycles. The third-order valence-corrected chi connectivity index (χ3v) is 4.06. The number of aromatic hydroxyl groups is 1. The molecule has 0 aliphatic carbocycles. The number of amides is 2. The summed E-state index contributed by atoms with van der Waals surface area (Å²) in [4.78, 5) is 26.3. The molecular weight excluding hydrogens is 268 g/mol. The van der Waals surface area contributed by atoms with E-state index >= 15 is 0 Å². The van der Waals surface area contributed by atoms with E-state index in [1.807, 2.05) is 19.9 Å². The molecule has 21 heavy (non-hydrogen) atoms. The first-order valence-corrected chi connectivity index (χ1v) is 7.32. The number of rotatable bonds is 4. The largest absolute Gasteiger partial charge is 0.508 e. The summed E-state index contributed by atoms with van der Waals surface area (Å²) in [6, 6.07) is 5.83. The number of phenols is 1. The number of carbonyl (C=O) groups excluding carboxylic acids is 2. The van der Waals surface area contributed by atoms with Crippen LogP contribution in [0.3, 0.4) is 0 Å². The van der Waals surface area contributed by atoms with Crippen LogP contribution in [-0.2, 0) is 16.1 Å². The van der Waals surface area contributed by atoms with Crippen molar-refractivity contribution < 1.29 is 14.7 Å². The predicted molar refractivity (Wildman–Crippen MR) is 79.5 cm³/mol. The highest BCUT2D eigenvalue weighted by Gasteiger charge is 2.40. The van der Waals surface area contributed by atoms with Crippen LogP contribution in [-0.4, -0.2) is 33.9 Å². The molecular formula is C16H22N2O3. The van der Waals surface area contributed by atoms with Crippen LogP contribution in [0.5, 0.6) is 5.75 Å². The average molecular weight is 290 g/mol. The van der Waals surface area contributed by atoms with E-state index in [4.69, 9.17) is 0 Å². The molecule has 114 valence electrons.